The van der Waals surface area contributed by atoms with Crippen LogP contribution in [0.15, 0.2) is 48.5 Å². The fraction of sp³-hybridized carbons (Fsp3) is 0.364. The van der Waals surface area contributed by atoms with Gasteiger partial charge in [0.25, 0.3) is 5.91 Å². The van der Waals surface area contributed by atoms with Crippen LogP contribution in [-0.2, 0) is 22.9 Å². The molecule has 0 aromatic heterocycles. The summed E-state index contributed by atoms with van der Waals surface area (Å²) in [5.41, 5.74) is 0.798. The summed E-state index contributed by atoms with van der Waals surface area (Å²) < 4.78 is 38.9. The largest absolute Gasteiger partial charge is 0.416 e. The van der Waals surface area contributed by atoms with Gasteiger partial charge in [0.2, 0.25) is 5.91 Å². The Hall–Kier alpha value is -2.83. The minimum absolute atomic E-state index is 0.00340. The molecule has 4 nitrogen and oxygen atoms in total. The van der Waals surface area contributed by atoms with Gasteiger partial charge in [-0.3, -0.25) is 9.59 Å². The molecule has 2 aromatic carbocycles. The maximum Gasteiger partial charge on any atom is 0.416 e. The SMILES string of the molecule is CC(C)(C)c1ccc(C(=O)NCCC(=O)NCc2ccccc2C(F)(F)F)cc1. The van der Waals surface area contributed by atoms with Gasteiger partial charge in [-0.1, -0.05) is 51.1 Å². The number of halogens is 3. The Balaban J connectivity index is 1.81. The molecular formula is C22H25F3N2O2. The molecule has 2 rings (SSSR count). The van der Waals surface area contributed by atoms with E-state index >= 15 is 0 Å². The number of rotatable bonds is 6. The van der Waals surface area contributed by atoms with Crippen molar-refractivity contribution >= 4 is 11.8 Å². The van der Waals surface area contributed by atoms with Crippen molar-refractivity contribution in [2.75, 3.05) is 6.54 Å². The lowest BCUT2D eigenvalue weighted by Crippen LogP contribution is -2.31. The second-order valence-electron chi connectivity index (χ2n) is 7.76. The molecule has 0 heterocycles. The predicted molar refractivity (Wildman–Crippen MR) is 105 cm³/mol. The van der Waals surface area contributed by atoms with Crippen molar-refractivity contribution in [1.29, 1.82) is 0 Å². The summed E-state index contributed by atoms with van der Waals surface area (Å²) in [5, 5.41) is 5.10. The van der Waals surface area contributed by atoms with E-state index in [0.29, 0.717) is 5.56 Å². The van der Waals surface area contributed by atoms with Crippen molar-refractivity contribution in [2.24, 2.45) is 0 Å². The van der Waals surface area contributed by atoms with E-state index in [0.717, 1.165) is 11.6 Å². The van der Waals surface area contributed by atoms with Crippen LogP contribution in [0.1, 0.15) is 54.2 Å². The number of amides is 2. The first-order valence-corrected chi connectivity index (χ1v) is 9.29. The van der Waals surface area contributed by atoms with Crippen LogP contribution in [0.2, 0.25) is 0 Å². The highest BCUT2D eigenvalue weighted by Gasteiger charge is 2.32. The maximum atomic E-state index is 13.0. The molecule has 2 aromatic rings. The monoisotopic (exact) mass is 406 g/mol. The van der Waals surface area contributed by atoms with Crippen LogP contribution in [0.4, 0.5) is 13.2 Å². The quantitative estimate of drug-likeness (QED) is 0.745. The number of alkyl halides is 3. The van der Waals surface area contributed by atoms with Gasteiger partial charge < -0.3 is 10.6 Å². The second kappa shape index (κ2) is 9.11. The first-order valence-electron chi connectivity index (χ1n) is 9.29. The summed E-state index contributed by atoms with van der Waals surface area (Å²) in [7, 11) is 0. The molecule has 0 radical (unpaired) electrons. The summed E-state index contributed by atoms with van der Waals surface area (Å²) in [4.78, 5) is 24.1. The zero-order valence-electron chi connectivity index (χ0n) is 16.7. The van der Waals surface area contributed by atoms with Crippen LogP contribution in [-0.4, -0.2) is 18.4 Å². The van der Waals surface area contributed by atoms with Gasteiger partial charge in [-0.05, 0) is 34.7 Å². The van der Waals surface area contributed by atoms with Crippen molar-refractivity contribution in [1.82, 2.24) is 10.6 Å². The number of benzene rings is 2. The molecule has 0 aliphatic heterocycles. The van der Waals surface area contributed by atoms with E-state index in [1.165, 1.54) is 18.2 Å². The van der Waals surface area contributed by atoms with E-state index in [2.05, 4.69) is 31.4 Å². The van der Waals surface area contributed by atoms with E-state index in [-0.39, 0.29) is 36.4 Å². The van der Waals surface area contributed by atoms with Crippen LogP contribution in [0.5, 0.6) is 0 Å². The summed E-state index contributed by atoms with van der Waals surface area (Å²) in [5.74, 6) is -0.744. The van der Waals surface area contributed by atoms with Gasteiger partial charge in [0.05, 0.1) is 5.56 Å². The Morgan fingerprint density at radius 1 is 0.897 bits per heavy atom. The van der Waals surface area contributed by atoms with E-state index in [1.54, 1.807) is 12.1 Å². The topological polar surface area (TPSA) is 58.2 Å². The van der Waals surface area contributed by atoms with E-state index in [1.807, 2.05) is 12.1 Å². The molecule has 29 heavy (non-hydrogen) atoms. The summed E-state index contributed by atoms with van der Waals surface area (Å²) in [6.45, 7) is 6.10. The van der Waals surface area contributed by atoms with Gasteiger partial charge in [0.15, 0.2) is 0 Å². The zero-order valence-corrected chi connectivity index (χ0v) is 16.7. The molecule has 0 fully saturated rings. The van der Waals surface area contributed by atoms with Crippen molar-refractivity contribution in [3.63, 3.8) is 0 Å². The molecule has 2 N–H and O–H groups in total. The number of carbonyl (C=O) groups is 2. The number of hydrogen-bond acceptors (Lipinski definition) is 2. The fourth-order valence-electron chi connectivity index (χ4n) is 2.75. The third-order valence-electron chi connectivity index (χ3n) is 4.45. The fourth-order valence-corrected chi connectivity index (χ4v) is 2.75. The molecule has 0 aliphatic rings. The van der Waals surface area contributed by atoms with Gasteiger partial charge in [0.1, 0.15) is 0 Å². The molecule has 0 bridgehead atoms. The Labute approximate surface area is 168 Å². The lowest BCUT2D eigenvalue weighted by molar-refractivity contribution is -0.138. The number of carbonyl (C=O) groups excluding carboxylic acids is 2. The van der Waals surface area contributed by atoms with Crippen LogP contribution in [0, 0.1) is 0 Å². The molecule has 0 spiro atoms. The Morgan fingerprint density at radius 2 is 1.52 bits per heavy atom. The van der Waals surface area contributed by atoms with E-state index in [4.69, 9.17) is 0 Å². The molecule has 0 unspecified atom stereocenters. The smallest absolute Gasteiger partial charge is 0.352 e. The van der Waals surface area contributed by atoms with Gasteiger partial charge in [0, 0.05) is 25.1 Å². The van der Waals surface area contributed by atoms with E-state index < -0.39 is 17.6 Å². The van der Waals surface area contributed by atoms with Crippen molar-refractivity contribution in [3.05, 3.63) is 70.8 Å². The van der Waals surface area contributed by atoms with Gasteiger partial charge in [-0.15, -0.1) is 0 Å². The highest BCUT2D eigenvalue weighted by atomic mass is 19.4. The predicted octanol–water partition coefficient (Wildman–Crippen LogP) is 4.44. The highest BCUT2D eigenvalue weighted by molar-refractivity contribution is 5.94. The van der Waals surface area contributed by atoms with Crippen LogP contribution in [0.25, 0.3) is 0 Å². The average molecular weight is 406 g/mol. The van der Waals surface area contributed by atoms with Crippen LogP contribution < -0.4 is 10.6 Å². The maximum absolute atomic E-state index is 13.0. The van der Waals surface area contributed by atoms with Crippen molar-refractivity contribution in [2.45, 2.75) is 45.3 Å². The summed E-state index contributed by atoms with van der Waals surface area (Å²) in [6, 6.07) is 12.3. The van der Waals surface area contributed by atoms with E-state index in [9.17, 15) is 22.8 Å². The standard InChI is InChI=1S/C22H25F3N2O2/c1-21(2,3)17-10-8-15(9-11-17)20(29)26-13-12-19(28)27-14-16-6-4-5-7-18(16)22(23,24)25/h4-11H,12-14H2,1-3H3,(H,26,29)(H,27,28). The zero-order chi connectivity index (χ0) is 21.7. The first kappa shape index (κ1) is 22.5. The third kappa shape index (κ3) is 6.62. The lowest BCUT2D eigenvalue weighted by Gasteiger charge is -2.19. The molecule has 156 valence electrons. The van der Waals surface area contributed by atoms with Crippen molar-refractivity contribution < 1.29 is 22.8 Å². The molecule has 0 saturated heterocycles. The molecular weight excluding hydrogens is 381 g/mol. The summed E-state index contributed by atoms with van der Waals surface area (Å²) in [6.07, 6.45) is -4.50. The lowest BCUT2D eigenvalue weighted by atomic mass is 9.87. The van der Waals surface area contributed by atoms with Crippen LogP contribution >= 0.6 is 0 Å². The summed E-state index contributed by atoms with van der Waals surface area (Å²) >= 11 is 0. The molecule has 2 amide bonds. The van der Waals surface area contributed by atoms with Gasteiger partial charge in [-0.25, -0.2) is 0 Å². The van der Waals surface area contributed by atoms with Crippen molar-refractivity contribution in [3.8, 4) is 0 Å². The minimum Gasteiger partial charge on any atom is -0.352 e. The van der Waals surface area contributed by atoms with Gasteiger partial charge >= 0.3 is 6.18 Å². The normalized spacial score (nSPS) is 11.8. The van der Waals surface area contributed by atoms with Crippen LogP contribution in [0.3, 0.4) is 0 Å². The molecule has 0 aliphatic carbocycles. The molecule has 0 saturated carbocycles. The Morgan fingerprint density at radius 3 is 2.10 bits per heavy atom. The second-order valence-corrected chi connectivity index (χ2v) is 7.76. The first-order chi connectivity index (χ1) is 13.5. The molecule has 7 heteroatoms. The average Bonchev–Trinajstić information content (AvgIpc) is 2.65. The van der Waals surface area contributed by atoms with Gasteiger partial charge in [-0.2, -0.15) is 13.2 Å². The molecule has 0 atom stereocenters. The Bertz CT molecular complexity index is 854. The Kier molecular flexibility index (Phi) is 7.06. The highest BCUT2D eigenvalue weighted by Crippen LogP contribution is 2.31. The number of hydrogen-bond donors (Lipinski definition) is 2. The third-order valence-corrected chi connectivity index (χ3v) is 4.45. The number of nitrogens with one attached hydrogen (secondary N) is 2. The minimum atomic E-state index is -4.47.